The Kier molecular flexibility index (Phi) is 2.37. The zero-order chi connectivity index (χ0) is 9.47. The molecule has 0 amide bonds. The molecule has 4 atom stereocenters. The lowest BCUT2D eigenvalue weighted by atomic mass is 9.59. The van der Waals surface area contributed by atoms with Gasteiger partial charge in [0.05, 0.1) is 6.10 Å². The van der Waals surface area contributed by atoms with Crippen LogP contribution in [0.3, 0.4) is 0 Å². The van der Waals surface area contributed by atoms with Gasteiger partial charge in [-0.3, -0.25) is 0 Å². The largest absolute Gasteiger partial charge is 0.391 e. The molecule has 2 aliphatic carbocycles. The summed E-state index contributed by atoms with van der Waals surface area (Å²) in [5.41, 5.74) is 6.29. The van der Waals surface area contributed by atoms with E-state index in [0.717, 1.165) is 18.8 Å². The highest BCUT2D eigenvalue weighted by atomic mass is 16.3. The highest BCUT2D eigenvalue weighted by Gasteiger charge is 2.43. The summed E-state index contributed by atoms with van der Waals surface area (Å²) in [5, 5.41) is 9.76. The Morgan fingerprint density at radius 1 is 1.38 bits per heavy atom. The Morgan fingerprint density at radius 2 is 2.15 bits per heavy atom. The van der Waals surface area contributed by atoms with Crippen molar-refractivity contribution in [2.75, 3.05) is 0 Å². The first kappa shape index (κ1) is 9.47. The second-order valence-corrected chi connectivity index (χ2v) is 5.27. The molecule has 76 valence electrons. The van der Waals surface area contributed by atoms with E-state index >= 15 is 0 Å². The Bertz CT molecular complexity index is 195. The van der Waals surface area contributed by atoms with Gasteiger partial charge in [0.25, 0.3) is 0 Å². The molecule has 2 fully saturated rings. The van der Waals surface area contributed by atoms with E-state index in [1.807, 2.05) is 0 Å². The molecule has 0 spiro atoms. The van der Waals surface area contributed by atoms with Gasteiger partial charge in [0.2, 0.25) is 0 Å². The van der Waals surface area contributed by atoms with Crippen molar-refractivity contribution >= 4 is 0 Å². The maximum absolute atomic E-state index is 9.76. The van der Waals surface area contributed by atoms with Crippen molar-refractivity contribution in [3.05, 3.63) is 0 Å². The smallest absolute Gasteiger partial charge is 0.0696 e. The van der Waals surface area contributed by atoms with Crippen molar-refractivity contribution in [1.29, 1.82) is 0 Å². The fourth-order valence-electron chi connectivity index (χ4n) is 3.26. The van der Waals surface area contributed by atoms with E-state index in [4.69, 9.17) is 5.73 Å². The van der Waals surface area contributed by atoms with Crippen molar-refractivity contribution < 1.29 is 5.11 Å². The number of aliphatic hydroxyl groups excluding tert-OH is 1. The maximum atomic E-state index is 9.76. The predicted molar refractivity (Wildman–Crippen MR) is 53.3 cm³/mol. The third kappa shape index (κ3) is 1.62. The average Bonchev–Trinajstić information content (AvgIpc) is 2.07. The molecule has 2 heteroatoms. The van der Waals surface area contributed by atoms with Crippen LogP contribution in [0.1, 0.15) is 45.4 Å². The SMILES string of the molecule is CC12CCCCC1CC(N)C(O)C2. The molecule has 0 aromatic heterocycles. The summed E-state index contributed by atoms with van der Waals surface area (Å²) < 4.78 is 0. The van der Waals surface area contributed by atoms with Crippen molar-refractivity contribution in [1.82, 2.24) is 0 Å². The topological polar surface area (TPSA) is 46.2 Å². The summed E-state index contributed by atoms with van der Waals surface area (Å²) >= 11 is 0. The van der Waals surface area contributed by atoms with Gasteiger partial charge in [-0.2, -0.15) is 0 Å². The molecule has 0 aromatic rings. The number of hydrogen-bond acceptors (Lipinski definition) is 2. The maximum Gasteiger partial charge on any atom is 0.0696 e. The van der Waals surface area contributed by atoms with Crippen LogP contribution in [0.25, 0.3) is 0 Å². The lowest BCUT2D eigenvalue weighted by molar-refractivity contribution is -0.0260. The third-order valence-corrected chi connectivity index (χ3v) is 4.26. The van der Waals surface area contributed by atoms with E-state index in [1.54, 1.807) is 0 Å². The number of nitrogens with two attached hydrogens (primary N) is 1. The average molecular weight is 183 g/mol. The normalized spacial score (nSPS) is 51.5. The Balaban J connectivity index is 2.10. The molecule has 2 rings (SSSR count). The summed E-state index contributed by atoms with van der Waals surface area (Å²) in [5.74, 6) is 0.777. The molecule has 2 saturated carbocycles. The molecule has 2 aliphatic rings. The van der Waals surface area contributed by atoms with E-state index in [9.17, 15) is 5.11 Å². The van der Waals surface area contributed by atoms with Gasteiger partial charge in [-0.15, -0.1) is 0 Å². The Morgan fingerprint density at radius 3 is 2.92 bits per heavy atom. The molecule has 0 aliphatic heterocycles. The van der Waals surface area contributed by atoms with Crippen molar-refractivity contribution in [2.24, 2.45) is 17.1 Å². The minimum absolute atomic E-state index is 0.0381. The van der Waals surface area contributed by atoms with Crippen LogP contribution in [0.5, 0.6) is 0 Å². The molecule has 4 unspecified atom stereocenters. The zero-order valence-electron chi connectivity index (χ0n) is 8.50. The van der Waals surface area contributed by atoms with Crippen LogP contribution < -0.4 is 5.73 Å². The Hall–Kier alpha value is -0.0800. The number of fused-ring (bicyclic) bond motifs is 1. The van der Waals surface area contributed by atoms with Gasteiger partial charge in [-0.05, 0) is 37.0 Å². The number of rotatable bonds is 0. The summed E-state index contributed by atoms with van der Waals surface area (Å²) in [6, 6.07) is 0.0381. The van der Waals surface area contributed by atoms with Crippen LogP contribution in [-0.2, 0) is 0 Å². The molecule has 0 saturated heterocycles. The van der Waals surface area contributed by atoms with E-state index < -0.39 is 0 Å². The summed E-state index contributed by atoms with van der Waals surface area (Å²) in [7, 11) is 0. The van der Waals surface area contributed by atoms with Crippen molar-refractivity contribution in [2.45, 2.75) is 57.6 Å². The molecular weight excluding hydrogens is 162 g/mol. The highest BCUT2D eigenvalue weighted by Crippen LogP contribution is 2.49. The van der Waals surface area contributed by atoms with Gasteiger partial charge in [0, 0.05) is 6.04 Å². The van der Waals surface area contributed by atoms with E-state index in [1.165, 1.54) is 25.7 Å². The van der Waals surface area contributed by atoms with Gasteiger partial charge >= 0.3 is 0 Å². The summed E-state index contributed by atoms with van der Waals surface area (Å²) in [6.07, 6.45) is 7.05. The molecule has 0 bridgehead atoms. The fourth-order valence-corrected chi connectivity index (χ4v) is 3.26. The highest BCUT2D eigenvalue weighted by molar-refractivity contribution is 4.96. The predicted octanol–water partition coefficient (Wildman–Crippen LogP) is 1.66. The van der Waals surface area contributed by atoms with Crippen LogP contribution in [0.2, 0.25) is 0 Å². The lowest BCUT2D eigenvalue weighted by Crippen LogP contribution is -2.49. The van der Waals surface area contributed by atoms with E-state index in [0.29, 0.717) is 5.41 Å². The van der Waals surface area contributed by atoms with Gasteiger partial charge in [-0.1, -0.05) is 19.8 Å². The monoisotopic (exact) mass is 183 g/mol. The number of hydrogen-bond donors (Lipinski definition) is 2. The second kappa shape index (κ2) is 3.25. The summed E-state index contributed by atoms with van der Waals surface area (Å²) in [4.78, 5) is 0. The van der Waals surface area contributed by atoms with Crippen molar-refractivity contribution in [3.63, 3.8) is 0 Å². The molecule has 0 aromatic carbocycles. The first-order valence-electron chi connectivity index (χ1n) is 5.55. The van der Waals surface area contributed by atoms with Gasteiger partial charge in [0.15, 0.2) is 0 Å². The quantitative estimate of drug-likeness (QED) is 0.600. The van der Waals surface area contributed by atoms with Gasteiger partial charge < -0.3 is 10.8 Å². The van der Waals surface area contributed by atoms with Crippen LogP contribution in [-0.4, -0.2) is 17.3 Å². The second-order valence-electron chi connectivity index (χ2n) is 5.27. The molecule has 2 nitrogen and oxygen atoms in total. The summed E-state index contributed by atoms with van der Waals surface area (Å²) in [6.45, 7) is 2.34. The zero-order valence-corrected chi connectivity index (χ0v) is 8.50. The molecular formula is C11H21NO. The fraction of sp³-hybridized carbons (Fsp3) is 1.00. The molecule has 3 N–H and O–H groups in total. The first-order chi connectivity index (χ1) is 6.12. The number of aliphatic hydroxyl groups is 1. The van der Waals surface area contributed by atoms with Crippen LogP contribution in [0.15, 0.2) is 0 Å². The minimum atomic E-state index is -0.251. The van der Waals surface area contributed by atoms with E-state index in [-0.39, 0.29) is 12.1 Å². The minimum Gasteiger partial charge on any atom is -0.391 e. The Labute approximate surface area is 80.5 Å². The first-order valence-corrected chi connectivity index (χ1v) is 5.55. The van der Waals surface area contributed by atoms with Crippen LogP contribution in [0, 0.1) is 11.3 Å². The van der Waals surface area contributed by atoms with Crippen LogP contribution in [0.4, 0.5) is 0 Å². The molecule has 0 radical (unpaired) electrons. The lowest BCUT2D eigenvalue weighted by Gasteiger charge is -2.48. The molecule has 13 heavy (non-hydrogen) atoms. The van der Waals surface area contributed by atoms with Gasteiger partial charge in [0.1, 0.15) is 0 Å². The van der Waals surface area contributed by atoms with Gasteiger partial charge in [-0.25, -0.2) is 0 Å². The standard InChI is InChI=1S/C11H21NO/c1-11-5-3-2-4-8(11)6-9(12)10(13)7-11/h8-10,13H,2-7,12H2,1H3. The van der Waals surface area contributed by atoms with Crippen molar-refractivity contribution in [3.8, 4) is 0 Å². The third-order valence-electron chi connectivity index (χ3n) is 4.26. The van der Waals surface area contributed by atoms with Crippen LogP contribution >= 0.6 is 0 Å². The molecule has 0 heterocycles. The van der Waals surface area contributed by atoms with E-state index in [2.05, 4.69) is 6.92 Å².